The van der Waals surface area contributed by atoms with Gasteiger partial charge in [0, 0.05) is 35.8 Å². The van der Waals surface area contributed by atoms with E-state index in [1.807, 2.05) is 6.07 Å². The van der Waals surface area contributed by atoms with Gasteiger partial charge >= 0.3 is 0 Å². The molecular weight excluding hydrogens is 644 g/mol. The minimum absolute atomic E-state index is 0.173. The summed E-state index contributed by atoms with van der Waals surface area (Å²) in [4.78, 5) is 15.1. The van der Waals surface area contributed by atoms with E-state index in [1.54, 1.807) is 42.5 Å². The summed E-state index contributed by atoms with van der Waals surface area (Å²) in [6, 6.07) is 20.0. The number of hydrogen-bond donors (Lipinski definition) is 2. The number of hydrogen-bond acceptors (Lipinski definition) is 5. The van der Waals surface area contributed by atoms with Crippen LogP contribution in [0.15, 0.2) is 89.8 Å². The molecule has 3 aliphatic rings. The number of sulfonamides is 1. The first-order valence-corrected chi connectivity index (χ1v) is 17.9. The van der Waals surface area contributed by atoms with Gasteiger partial charge in [-0.1, -0.05) is 60.1 Å². The Morgan fingerprint density at radius 3 is 2.26 bits per heavy atom. The van der Waals surface area contributed by atoms with E-state index >= 15 is 8.78 Å². The molecule has 1 amide bonds. The zero-order valence-corrected chi connectivity index (χ0v) is 27.3. The summed E-state index contributed by atoms with van der Waals surface area (Å²) < 4.78 is 68.8. The van der Waals surface area contributed by atoms with Gasteiger partial charge in [-0.2, -0.15) is 13.5 Å². The first-order chi connectivity index (χ1) is 22.5. The first kappa shape index (κ1) is 32.0. The van der Waals surface area contributed by atoms with Gasteiger partial charge in [-0.25, -0.2) is 8.42 Å². The monoisotopic (exact) mass is 679 g/mol. The number of rotatable bonds is 9. The Bertz CT molecular complexity index is 1890. The molecule has 246 valence electrons. The number of nitrogens with zero attached hydrogens (tertiary/aromatic N) is 1. The van der Waals surface area contributed by atoms with E-state index in [4.69, 9.17) is 16.3 Å². The van der Waals surface area contributed by atoms with Gasteiger partial charge in [0.25, 0.3) is 5.92 Å². The van der Waals surface area contributed by atoms with E-state index in [1.165, 1.54) is 41.3 Å². The highest BCUT2D eigenvalue weighted by Crippen LogP contribution is 2.40. The molecule has 0 bridgehead atoms. The second-order valence-electron chi connectivity index (χ2n) is 12.9. The maximum absolute atomic E-state index is 16.5. The van der Waals surface area contributed by atoms with Gasteiger partial charge in [-0.3, -0.25) is 4.79 Å². The first-order valence-electron chi connectivity index (χ1n) is 16.0. The van der Waals surface area contributed by atoms with E-state index in [9.17, 15) is 13.2 Å². The minimum atomic E-state index is -4.56. The molecule has 1 atom stereocenters. The summed E-state index contributed by atoms with van der Waals surface area (Å²) in [5, 5.41) is 5.28. The average molecular weight is 680 g/mol. The van der Waals surface area contributed by atoms with Crippen LogP contribution in [-0.4, -0.2) is 56.5 Å². The fraction of sp³-hybridized carbons (Fsp3) is 0.361. The van der Waals surface area contributed by atoms with Gasteiger partial charge < -0.3 is 15.0 Å². The summed E-state index contributed by atoms with van der Waals surface area (Å²) in [6.45, 7) is 0.895. The minimum Gasteiger partial charge on any atom is -0.490 e. The molecule has 2 N–H and O–H groups in total. The Balaban J connectivity index is 1.18. The van der Waals surface area contributed by atoms with Crippen LogP contribution in [0.3, 0.4) is 0 Å². The number of fused-ring (bicyclic) bond motifs is 1. The fourth-order valence-electron chi connectivity index (χ4n) is 6.65. The molecule has 1 spiro atoms. The molecule has 4 aromatic carbocycles. The zero-order chi connectivity index (χ0) is 32.8. The Morgan fingerprint density at radius 1 is 0.936 bits per heavy atom. The van der Waals surface area contributed by atoms with Crippen LogP contribution in [0, 0.1) is 0 Å². The quantitative estimate of drug-likeness (QED) is 0.201. The average Bonchev–Trinajstić information content (AvgIpc) is 3.60. The lowest BCUT2D eigenvalue weighted by Crippen LogP contribution is -2.61. The number of carbonyl (C=O) groups is 1. The summed E-state index contributed by atoms with van der Waals surface area (Å²) >= 11 is 5.99. The predicted molar refractivity (Wildman–Crippen MR) is 178 cm³/mol. The molecule has 1 aliphatic heterocycles. The highest BCUT2D eigenvalue weighted by molar-refractivity contribution is 7.89. The molecule has 3 fully saturated rings. The van der Waals surface area contributed by atoms with Crippen LogP contribution >= 0.6 is 11.6 Å². The van der Waals surface area contributed by atoms with E-state index in [-0.39, 0.29) is 29.6 Å². The van der Waals surface area contributed by atoms with E-state index < -0.39 is 33.5 Å². The number of nitrogens with one attached hydrogen (secondary N) is 2. The van der Waals surface area contributed by atoms with Crippen LogP contribution in [0.1, 0.15) is 44.1 Å². The third-order valence-electron chi connectivity index (χ3n) is 9.57. The maximum Gasteiger partial charge on any atom is 0.298 e. The van der Waals surface area contributed by atoms with E-state index in [0.29, 0.717) is 28.3 Å². The summed E-state index contributed by atoms with van der Waals surface area (Å²) in [6.07, 6.45) is 6.13. The second kappa shape index (κ2) is 12.5. The summed E-state index contributed by atoms with van der Waals surface area (Å²) in [7, 11) is -4.56. The van der Waals surface area contributed by atoms with E-state index in [0.717, 1.165) is 49.5 Å². The molecule has 4 aromatic rings. The molecule has 2 saturated carbocycles. The fourth-order valence-corrected chi connectivity index (χ4v) is 8.00. The topological polar surface area (TPSA) is 87.7 Å². The molecule has 47 heavy (non-hydrogen) atoms. The standard InChI is InChI=1S/C36H36ClF2N3O4S/c37-29-13-7-25(8-14-29)24-5-11-28(12-6-24)36(38,39)33(34(43)42-20-19-40-35(23-42)17-18-35)41-47(44,45)32-16-10-26-21-31(15-9-27(26)22-32)46-30-3-1-2-4-30/h5-16,21-22,30,33,40-41H,1-4,17-20,23H2. The third-order valence-corrected chi connectivity index (χ3v) is 11.2. The lowest BCUT2D eigenvalue weighted by Gasteiger charge is -2.38. The highest BCUT2D eigenvalue weighted by Gasteiger charge is 2.53. The number of ether oxygens (including phenoxy) is 1. The molecule has 2 aliphatic carbocycles. The van der Waals surface area contributed by atoms with Crippen LogP contribution in [0.5, 0.6) is 5.75 Å². The second-order valence-corrected chi connectivity index (χ2v) is 15.1. The van der Waals surface area contributed by atoms with Gasteiger partial charge in [0.2, 0.25) is 15.9 Å². The van der Waals surface area contributed by atoms with Crippen LogP contribution in [0.25, 0.3) is 21.9 Å². The zero-order valence-electron chi connectivity index (χ0n) is 25.7. The molecule has 0 aromatic heterocycles. The van der Waals surface area contributed by atoms with Crippen molar-refractivity contribution >= 4 is 38.3 Å². The molecule has 1 unspecified atom stereocenters. The Kier molecular flexibility index (Phi) is 8.49. The number of benzene rings is 4. The van der Waals surface area contributed by atoms with Crippen molar-refractivity contribution in [1.29, 1.82) is 0 Å². The SMILES string of the molecule is O=C(C(NS(=O)(=O)c1ccc2cc(OC3CCCC3)ccc2c1)C(F)(F)c1ccc(-c2ccc(Cl)cc2)cc1)N1CCNC2(CC2)C1. The Hall–Kier alpha value is -3.57. The normalized spacial score (nSPS) is 18.8. The number of amides is 1. The van der Waals surface area contributed by atoms with E-state index in [2.05, 4.69) is 10.0 Å². The molecule has 0 radical (unpaired) electrons. The van der Waals surface area contributed by atoms with Crippen molar-refractivity contribution in [3.63, 3.8) is 0 Å². The predicted octanol–water partition coefficient (Wildman–Crippen LogP) is 6.88. The molecular formula is C36H36ClF2N3O4S. The van der Waals surface area contributed by atoms with Crippen molar-refractivity contribution in [2.75, 3.05) is 19.6 Å². The van der Waals surface area contributed by atoms with Crippen LogP contribution < -0.4 is 14.8 Å². The lowest BCUT2D eigenvalue weighted by atomic mass is 9.97. The van der Waals surface area contributed by atoms with Gasteiger partial charge in [0.15, 0.2) is 6.04 Å². The molecule has 7 nitrogen and oxygen atoms in total. The summed E-state index contributed by atoms with van der Waals surface area (Å²) in [5.41, 5.74) is 0.698. The number of alkyl halides is 2. The van der Waals surface area contributed by atoms with Gasteiger partial charge in [-0.05, 0) is 96.8 Å². The van der Waals surface area contributed by atoms with Crippen LogP contribution in [-0.2, 0) is 20.7 Å². The van der Waals surface area contributed by atoms with Gasteiger partial charge in [0.05, 0.1) is 11.0 Å². The maximum atomic E-state index is 16.5. The molecule has 11 heteroatoms. The molecule has 7 rings (SSSR count). The van der Waals surface area contributed by atoms with Gasteiger partial charge in [0.1, 0.15) is 5.75 Å². The summed E-state index contributed by atoms with van der Waals surface area (Å²) in [5.74, 6) is -4.12. The third kappa shape index (κ3) is 6.74. The van der Waals surface area contributed by atoms with Crippen molar-refractivity contribution in [2.24, 2.45) is 0 Å². The number of piperazine rings is 1. The van der Waals surface area contributed by atoms with Gasteiger partial charge in [-0.15, -0.1) is 0 Å². The Morgan fingerprint density at radius 2 is 1.57 bits per heavy atom. The number of carbonyl (C=O) groups excluding carboxylic acids is 1. The van der Waals surface area contributed by atoms with Crippen molar-refractivity contribution in [3.05, 3.63) is 95.5 Å². The Labute approximate surface area is 278 Å². The number of halogens is 3. The van der Waals surface area contributed by atoms with Crippen molar-refractivity contribution in [2.45, 2.75) is 67.0 Å². The van der Waals surface area contributed by atoms with Crippen LogP contribution in [0.2, 0.25) is 5.02 Å². The van der Waals surface area contributed by atoms with Crippen molar-refractivity contribution < 1.29 is 26.7 Å². The smallest absolute Gasteiger partial charge is 0.298 e. The lowest BCUT2D eigenvalue weighted by molar-refractivity contribution is -0.145. The van der Waals surface area contributed by atoms with Crippen molar-refractivity contribution in [3.8, 4) is 16.9 Å². The highest BCUT2D eigenvalue weighted by atomic mass is 35.5. The van der Waals surface area contributed by atoms with Crippen molar-refractivity contribution in [1.82, 2.24) is 14.9 Å². The van der Waals surface area contributed by atoms with Crippen LogP contribution in [0.4, 0.5) is 8.78 Å². The largest absolute Gasteiger partial charge is 0.490 e. The molecule has 1 heterocycles. The molecule has 1 saturated heterocycles.